The Bertz CT molecular complexity index is 1070. The van der Waals surface area contributed by atoms with Gasteiger partial charge >= 0.3 is 0 Å². The van der Waals surface area contributed by atoms with E-state index in [0.29, 0.717) is 6.54 Å². The Morgan fingerprint density at radius 3 is 2.44 bits per heavy atom. The van der Waals surface area contributed by atoms with Crippen molar-refractivity contribution >= 4 is 21.4 Å². The van der Waals surface area contributed by atoms with Gasteiger partial charge in [-0.3, -0.25) is 4.79 Å². The van der Waals surface area contributed by atoms with Crippen molar-refractivity contribution in [3.05, 3.63) is 93.9 Å². The highest BCUT2D eigenvalue weighted by Crippen LogP contribution is 2.32. The van der Waals surface area contributed by atoms with Crippen molar-refractivity contribution in [1.29, 1.82) is 0 Å². The van der Waals surface area contributed by atoms with Crippen LogP contribution in [0.25, 0.3) is 20.5 Å². The number of thiophene rings is 1. The van der Waals surface area contributed by atoms with Gasteiger partial charge in [0.25, 0.3) is 5.56 Å². The van der Waals surface area contributed by atoms with Gasteiger partial charge in [-0.25, -0.2) is 0 Å². The lowest BCUT2D eigenvalue weighted by Crippen LogP contribution is -2.19. The minimum Gasteiger partial charge on any atom is -0.310 e. The smallest absolute Gasteiger partial charge is 0.250 e. The predicted octanol–water partition coefficient (Wildman–Crippen LogP) is 5.40. The summed E-state index contributed by atoms with van der Waals surface area (Å²) in [6, 6.07) is 20.6. The molecule has 2 aromatic carbocycles. The topological polar surface area (TPSA) is 22.0 Å². The van der Waals surface area contributed by atoms with E-state index in [1.54, 1.807) is 22.0 Å². The quantitative estimate of drug-likeness (QED) is 0.487. The molecule has 0 unspecified atom stereocenters. The van der Waals surface area contributed by atoms with Crippen LogP contribution in [-0.2, 0) is 6.54 Å². The van der Waals surface area contributed by atoms with Crippen molar-refractivity contribution in [3.63, 3.8) is 0 Å². The van der Waals surface area contributed by atoms with Crippen LogP contribution in [0.5, 0.6) is 0 Å². The largest absolute Gasteiger partial charge is 0.310 e. The Kier molecular flexibility index (Phi) is 4.02. The zero-order chi connectivity index (χ0) is 17.4. The van der Waals surface area contributed by atoms with Gasteiger partial charge in [0, 0.05) is 27.4 Å². The highest BCUT2D eigenvalue weighted by atomic mass is 32.1. The number of rotatable bonds is 3. The Hall–Kier alpha value is -2.65. The van der Waals surface area contributed by atoms with Gasteiger partial charge < -0.3 is 4.57 Å². The predicted molar refractivity (Wildman–Crippen MR) is 107 cm³/mol. The Balaban J connectivity index is 1.74. The van der Waals surface area contributed by atoms with E-state index >= 15 is 0 Å². The van der Waals surface area contributed by atoms with Gasteiger partial charge in [0.15, 0.2) is 0 Å². The molecule has 2 aromatic heterocycles. The van der Waals surface area contributed by atoms with E-state index in [0.717, 1.165) is 11.1 Å². The average molecular weight is 345 g/mol. The van der Waals surface area contributed by atoms with Gasteiger partial charge in [0.2, 0.25) is 0 Å². The summed E-state index contributed by atoms with van der Waals surface area (Å²) < 4.78 is 3.07. The Labute approximate surface area is 151 Å². The van der Waals surface area contributed by atoms with E-state index in [-0.39, 0.29) is 5.56 Å². The molecule has 2 nitrogen and oxygen atoms in total. The SMILES string of the molecule is Cc1cc(C)cc(Cn2cc(-c3cc4ccccc4s3)ccc2=O)c1. The highest BCUT2D eigenvalue weighted by Gasteiger charge is 2.07. The molecule has 0 fully saturated rings. The molecule has 0 atom stereocenters. The minimum absolute atomic E-state index is 0.0315. The maximum atomic E-state index is 12.3. The number of nitrogens with zero attached hydrogens (tertiary/aromatic N) is 1. The van der Waals surface area contributed by atoms with E-state index in [4.69, 9.17) is 0 Å². The van der Waals surface area contributed by atoms with Crippen molar-refractivity contribution in [2.75, 3.05) is 0 Å². The third-order valence-corrected chi connectivity index (χ3v) is 5.49. The third-order valence-electron chi connectivity index (χ3n) is 4.33. The molecule has 0 aliphatic rings. The summed E-state index contributed by atoms with van der Waals surface area (Å²) in [5.41, 5.74) is 4.73. The molecule has 4 aromatic rings. The summed E-state index contributed by atoms with van der Waals surface area (Å²) in [5, 5.41) is 1.24. The second-order valence-electron chi connectivity index (χ2n) is 6.53. The van der Waals surface area contributed by atoms with Crippen LogP contribution >= 0.6 is 11.3 Å². The summed E-state index contributed by atoms with van der Waals surface area (Å²) in [5.74, 6) is 0. The van der Waals surface area contributed by atoms with Crippen molar-refractivity contribution in [3.8, 4) is 10.4 Å². The molecule has 4 rings (SSSR count). The molecule has 124 valence electrons. The van der Waals surface area contributed by atoms with Gasteiger partial charge in [0.1, 0.15) is 0 Å². The molecular weight excluding hydrogens is 326 g/mol. The van der Waals surface area contributed by atoms with Crippen molar-refractivity contribution in [1.82, 2.24) is 4.57 Å². The molecule has 0 N–H and O–H groups in total. The molecular formula is C22H19NOS. The number of fused-ring (bicyclic) bond motifs is 1. The van der Waals surface area contributed by atoms with Gasteiger partial charge in [-0.15, -0.1) is 11.3 Å². The lowest BCUT2D eigenvalue weighted by Gasteiger charge is -2.09. The molecule has 0 bridgehead atoms. The lowest BCUT2D eigenvalue weighted by molar-refractivity contribution is 0.760. The van der Waals surface area contributed by atoms with Gasteiger partial charge in [-0.05, 0) is 43.0 Å². The molecule has 0 aliphatic carbocycles. The number of benzene rings is 2. The maximum absolute atomic E-state index is 12.3. The van der Waals surface area contributed by atoms with Gasteiger partial charge in [-0.2, -0.15) is 0 Å². The van der Waals surface area contributed by atoms with Crippen LogP contribution < -0.4 is 5.56 Å². The standard InChI is InChI=1S/C22H19NOS/c1-15-9-16(2)11-17(10-15)13-23-14-19(7-8-22(23)24)21-12-18-5-3-4-6-20(18)25-21/h3-12,14H,13H2,1-2H3. The monoisotopic (exact) mass is 345 g/mol. The fraction of sp³-hybridized carbons (Fsp3) is 0.136. The Morgan fingerprint density at radius 1 is 0.920 bits per heavy atom. The van der Waals surface area contributed by atoms with E-state index in [9.17, 15) is 4.79 Å². The molecule has 0 aliphatic heterocycles. The van der Waals surface area contributed by atoms with Crippen LogP contribution in [0.15, 0.2) is 71.7 Å². The zero-order valence-electron chi connectivity index (χ0n) is 14.3. The second kappa shape index (κ2) is 6.34. The fourth-order valence-electron chi connectivity index (χ4n) is 3.28. The average Bonchev–Trinajstić information content (AvgIpc) is 3.00. The highest BCUT2D eigenvalue weighted by molar-refractivity contribution is 7.22. The zero-order valence-corrected chi connectivity index (χ0v) is 15.1. The molecule has 0 saturated heterocycles. The van der Waals surface area contributed by atoms with E-state index in [1.165, 1.54) is 26.1 Å². The molecule has 0 radical (unpaired) electrons. The summed E-state index contributed by atoms with van der Waals surface area (Å²) in [4.78, 5) is 13.5. The van der Waals surface area contributed by atoms with Gasteiger partial charge in [-0.1, -0.05) is 47.5 Å². The van der Waals surface area contributed by atoms with Crippen LogP contribution in [0.1, 0.15) is 16.7 Å². The minimum atomic E-state index is 0.0315. The second-order valence-corrected chi connectivity index (χ2v) is 7.61. The first-order valence-electron chi connectivity index (χ1n) is 8.35. The number of hydrogen-bond acceptors (Lipinski definition) is 2. The van der Waals surface area contributed by atoms with Crippen LogP contribution in [-0.4, -0.2) is 4.57 Å². The molecule has 0 spiro atoms. The van der Waals surface area contributed by atoms with E-state index < -0.39 is 0 Å². The molecule has 2 heterocycles. The number of pyridine rings is 1. The van der Waals surface area contributed by atoms with Crippen LogP contribution in [0.2, 0.25) is 0 Å². The van der Waals surface area contributed by atoms with E-state index in [2.05, 4.69) is 62.4 Å². The van der Waals surface area contributed by atoms with Crippen LogP contribution in [0, 0.1) is 13.8 Å². The van der Waals surface area contributed by atoms with E-state index in [1.807, 2.05) is 12.3 Å². The molecule has 3 heteroatoms. The van der Waals surface area contributed by atoms with Crippen molar-refractivity contribution in [2.24, 2.45) is 0 Å². The summed E-state index contributed by atoms with van der Waals surface area (Å²) in [6.07, 6.45) is 1.98. The summed E-state index contributed by atoms with van der Waals surface area (Å²) >= 11 is 1.76. The third kappa shape index (κ3) is 3.28. The Morgan fingerprint density at radius 2 is 1.68 bits per heavy atom. The number of hydrogen-bond donors (Lipinski definition) is 0. The van der Waals surface area contributed by atoms with Gasteiger partial charge in [0.05, 0.1) is 6.54 Å². The van der Waals surface area contributed by atoms with Crippen molar-refractivity contribution < 1.29 is 0 Å². The normalized spacial score (nSPS) is 11.1. The molecule has 25 heavy (non-hydrogen) atoms. The van der Waals surface area contributed by atoms with Crippen LogP contribution in [0.4, 0.5) is 0 Å². The maximum Gasteiger partial charge on any atom is 0.250 e. The lowest BCUT2D eigenvalue weighted by atomic mass is 10.1. The first kappa shape index (κ1) is 15.9. The van der Waals surface area contributed by atoms with Crippen molar-refractivity contribution in [2.45, 2.75) is 20.4 Å². The first-order valence-corrected chi connectivity index (χ1v) is 9.17. The number of aromatic nitrogens is 1. The molecule has 0 amide bonds. The number of aryl methyl sites for hydroxylation is 2. The first-order chi connectivity index (χ1) is 12.1. The summed E-state index contributed by atoms with van der Waals surface area (Å²) in [7, 11) is 0. The summed E-state index contributed by atoms with van der Waals surface area (Å²) in [6.45, 7) is 4.78. The fourth-order valence-corrected chi connectivity index (χ4v) is 4.33. The molecule has 0 saturated carbocycles. The van der Waals surface area contributed by atoms with Crippen LogP contribution in [0.3, 0.4) is 0 Å².